The maximum atomic E-state index is 13.4. The van der Waals surface area contributed by atoms with Crippen LogP contribution >= 0.6 is 0 Å². The van der Waals surface area contributed by atoms with Crippen LogP contribution in [0.1, 0.15) is 18.4 Å². The fourth-order valence-electron chi connectivity index (χ4n) is 3.49. The summed E-state index contributed by atoms with van der Waals surface area (Å²) >= 11 is 0. The quantitative estimate of drug-likeness (QED) is 0.743. The molecule has 1 amide bonds. The Morgan fingerprint density at radius 1 is 1.24 bits per heavy atom. The van der Waals surface area contributed by atoms with Gasteiger partial charge >= 0.3 is 6.61 Å². The summed E-state index contributed by atoms with van der Waals surface area (Å²) in [5, 5.41) is 2.76. The molecule has 0 aliphatic carbocycles. The number of amides is 1. The molecule has 1 heterocycles. The number of hydrogen-bond donors (Lipinski definition) is 1. The Hall–Kier alpha value is -2.74. The average Bonchev–Trinajstić information content (AvgIpc) is 2.68. The highest BCUT2D eigenvalue weighted by atomic mass is 19.3. The van der Waals surface area contributed by atoms with Gasteiger partial charge in [-0.25, -0.2) is 4.39 Å². The molecule has 0 saturated carbocycles. The Morgan fingerprint density at radius 3 is 2.79 bits per heavy atom. The molecular weight excluding hydrogens is 385 g/mol. The first-order valence-electron chi connectivity index (χ1n) is 9.35. The van der Waals surface area contributed by atoms with E-state index in [1.165, 1.54) is 31.4 Å². The molecular formula is C21H23F3N2O3. The number of carbonyl (C=O) groups excluding carboxylic acids is 1. The molecule has 1 fully saturated rings. The van der Waals surface area contributed by atoms with Crippen LogP contribution in [0.5, 0.6) is 11.5 Å². The fraction of sp³-hybridized carbons (Fsp3) is 0.381. The molecule has 8 heteroatoms. The van der Waals surface area contributed by atoms with Crippen molar-refractivity contribution in [2.45, 2.75) is 26.0 Å². The Morgan fingerprint density at radius 2 is 2.07 bits per heavy atom. The summed E-state index contributed by atoms with van der Waals surface area (Å²) in [5.41, 5.74) is 1.21. The normalized spacial score (nSPS) is 17.2. The number of methoxy groups -OCH3 is 1. The van der Waals surface area contributed by atoms with Gasteiger partial charge in [0.15, 0.2) is 11.5 Å². The highest BCUT2D eigenvalue weighted by Crippen LogP contribution is 2.32. The van der Waals surface area contributed by atoms with Crippen molar-refractivity contribution in [1.29, 1.82) is 0 Å². The van der Waals surface area contributed by atoms with Crippen molar-refractivity contribution < 1.29 is 27.4 Å². The third-order valence-electron chi connectivity index (χ3n) is 4.82. The first-order chi connectivity index (χ1) is 13.9. The topological polar surface area (TPSA) is 50.8 Å². The molecule has 0 radical (unpaired) electrons. The van der Waals surface area contributed by atoms with E-state index in [1.807, 2.05) is 6.07 Å². The monoisotopic (exact) mass is 408 g/mol. The molecule has 1 aliphatic heterocycles. The highest BCUT2D eigenvalue weighted by molar-refractivity contribution is 5.93. The van der Waals surface area contributed by atoms with Crippen molar-refractivity contribution in [2.75, 3.05) is 25.5 Å². The summed E-state index contributed by atoms with van der Waals surface area (Å²) in [6.07, 6.45) is 1.57. The van der Waals surface area contributed by atoms with E-state index in [0.717, 1.165) is 24.9 Å². The van der Waals surface area contributed by atoms with Gasteiger partial charge in [-0.15, -0.1) is 0 Å². The van der Waals surface area contributed by atoms with Crippen molar-refractivity contribution >= 4 is 11.6 Å². The zero-order valence-electron chi connectivity index (χ0n) is 16.0. The zero-order valence-corrected chi connectivity index (χ0v) is 16.0. The summed E-state index contributed by atoms with van der Waals surface area (Å²) in [7, 11) is 1.35. The number of likely N-dealkylation sites (tertiary alicyclic amines) is 1. The van der Waals surface area contributed by atoms with E-state index in [2.05, 4.69) is 15.0 Å². The summed E-state index contributed by atoms with van der Waals surface area (Å²) < 4.78 is 48.0. The van der Waals surface area contributed by atoms with Crippen molar-refractivity contribution in [3.63, 3.8) is 0 Å². The molecule has 1 atom stereocenters. The van der Waals surface area contributed by atoms with E-state index in [1.54, 1.807) is 12.1 Å². The van der Waals surface area contributed by atoms with Gasteiger partial charge in [0, 0.05) is 24.8 Å². The van der Waals surface area contributed by atoms with Crippen molar-refractivity contribution in [2.24, 2.45) is 5.92 Å². The van der Waals surface area contributed by atoms with Gasteiger partial charge < -0.3 is 14.8 Å². The number of nitrogens with zero attached hydrogens (tertiary/aromatic N) is 1. The van der Waals surface area contributed by atoms with E-state index in [4.69, 9.17) is 4.74 Å². The average molecular weight is 408 g/mol. The second kappa shape index (κ2) is 9.65. The number of halogens is 3. The molecule has 1 N–H and O–H groups in total. The second-order valence-electron chi connectivity index (χ2n) is 6.94. The molecule has 0 spiro atoms. The van der Waals surface area contributed by atoms with E-state index in [0.29, 0.717) is 18.8 Å². The number of benzene rings is 2. The van der Waals surface area contributed by atoms with E-state index >= 15 is 0 Å². The molecule has 5 nitrogen and oxygen atoms in total. The lowest BCUT2D eigenvalue weighted by Gasteiger charge is -2.32. The number of ether oxygens (including phenoxy) is 2. The maximum absolute atomic E-state index is 13.4. The maximum Gasteiger partial charge on any atom is 0.387 e. The predicted octanol–water partition coefficient (Wildman–Crippen LogP) is 4.29. The van der Waals surface area contributed by atoms with Crippen molar-refractivity contribution in [1.82, 2.24) is 4.90 Å². The lowest BCUT2D eigenvalue weighted by atomic mass is 9.96. The zero-order chi connectivity index (χ0) is 20.8. The summed E-state index contributed by atoms with van der Waals surface area (Å²) in [6, 6.07) is 10.8. The number of carbonyl (C=O) groups is 1. The van der Waals surface area contributed by atoms with Gasteiger partial charge in [0.05, 0.1) is 13.0 Å². The van der Waals surface area contributed by atoms with E-state index in [9.17, 15) is 18.0 Å². The third kappa shape index (κ3) is 5.87. The van der Waals surface area contributed by atoms with Gasteiger partial charge in [-0.05, 0) is 49.2 Å². The van der Waals surface area contributed by atoms with Crippen LogP contribution in [-0.2, 0) is 11.3 Å². The van der Waals surface area contributed by atoms with Gasteiger partial charge in [0.2, 0.25) is 5.91 Å². The lowest BCUT2D eigenvalue weighted by Crippen LogP contribution is -2.40. The van der Waals surface area contributed by atoms with Crippen molar-refractivity contribution in [3.05, 3.63) is 53.8 Å². The van der Waals surface area contributed by atoms with Gasteiger partial charge in [0.25, 0.3) is 0 Å². The van der Waals surface area contributed by atoms with Crippen LogP contribution in [0.2, 0.25) is 0 Å². The Bertz CT molecular complexity index is 848. The number of anilines is 1. The Balaban J connectivity index is 1.62. The number of alkyl halides is 2. The van der Waals surface area contributed by atoms with Crippen molar-refractivity contribution in [3.8, 4) is 11.5 Å². The van der Waals surface area contributed by atoms with E-state index in [-0.39, 0.29) is 29.1 Å². The molecule has 0 bridgehead atoms. The second-order valence-corrected chi connectivity index (χ2v) is 6.94. The molecule has 2 aromatic carbocycles. The largest absolute Gasteiger partial charge is 0.493 e. The predicted molar refractivity (Wildman–Crippen MR) is 103 cm³/mol. The molecule has 0 aromatic heterocycles. The number of rotatable bonds is 7. The number of piperidine rings is 1. The summed E-state index contributed by atoms with van der Waals surface area (Å²) in [5.74, 6) is -0.713. The van der Waals surface area contributed by atoms with Crippen LogP contribution in [0, 0.1) is 11.7 Å². The van der Waals surface area contributed by atoms with E-state index < -0.39 is 6.61 Å². The smallest absolute Gasteiger partial charge is 0.387 e. The minimum atomic E-state index is -3.00. The first-order valence-corrected chi connectivity index (χ1v) is 9.35. The SMILES string of the molecule is COc1ccc(NC(=O)C2CCCN(Cc3cccc(F)c3)C2)cc1OC(F)F. The molecule has 1 aliphatic rings. The molecule has 2 aromatic rings. The Labute approximate surface area is 167 Å². The van der Waals surface area contributed by atoms with Gasteiger partial charge in [-0.1, -0.05) is 12.1 Å². The van der Waals surface area contributed by atoms with Gasteiger partial charge in [-0.2, -0.15) is 8.78 Å². The fourth-order valence-corrected chi connectivity index (χ4v) is 3.49. The summed E-state index contributed by atoms with van der Waals surface area (Å²) in [6.45, 7) is -1.06. The van der Waals surface area contributed by atoms with Crippen LogP contribution in [0.3, 0.4) is 0 Å². The minimum Gasteiger partial charge on any atom is -0.493 e. The molecule has 1 unspecified atom stereocenters. The highest BCUT2D eigenvalue weighted by Gasteiger charge is 2.26. The molecule has 3 rings (SSSR count). The standard InChI is InChI=1S/C21H23F3N2O3/c1-28-18-8-7-17(11-19(18)29-21(23)24)25-20(27)15-5-3-9-26(13-15)12-14-4-2-6-16(22)10-14/h2,4,6-8,10-11,15,21H,3,5,9,12-13H2,1H3,(H,25,27). The molecule has 156 valence electrons. The number of hydrogen-bond acceptors (Lipinski definition) is 4. The van der Waals surface area contributed by atoms with Crippen LogP contribution in [0.15, 0.2) is 42.5 Å². The Kier molecular flexibility index (Phi) is 6.98. The molecule has 1 saturated heterocycles. The van der Waals surface area contributed by atoms with Crippen LogP contribution < -0.4 is 14.8 Å². The minimum absolute atomic E-state index is 0.142. The summed E-state index contributed by atoms with van der Waals surface area (Å²) in [4.78, 5) is 14.8. The first kappa shape index (κ1) is 21.0. The van der Waals surface area contributed by atoms with Crippen LogP contribution in [-0.4, -0.2) is 37.6 Å². The lowest BCUT2D eigenvalue weighted by molar-refractivity contribution is -0.121. The number of nitrogens with one attached hydrogen (secondary N) is 1. The van der Waals surface area contributed by atoms with Gasteiger partial charge in [-0.3, -0.25) is 9.69 Å². The van der Waals surface area contributed by atoms with Crippen LogP contribution in [0.4, 0.5) is 18.9 Å². The van der Waals surface area contributed by atoms with Crippen LogP contribution in [0.25, 0.3) is 0 Å². The van der Waals surface area contributed by atoms with Gasteiger partial charge in [0.1, 0.15) is 5.82 Å². The molecule has 29 heavy (non-hydrogen) atoms. The third-order valence-corrected chi connectivity index (χ3v) is 4.82.